The van der Waals surface area contributed by atoms with E-state index in [0.717, 1.165) is 17.4 Å². The van der Waals surface area contributed by atoms with E-state index < -0.39 is 20.8 Å². The van der Waals surface area contributed by atoms with Gasteiger partial charge in [0, 0.05) is 10.3 Å². The second-order valence-corrected chi connectivity index (χ2v) is 7.48. The van der Waals surface area contributed by atoms with Crippen LogP contribution in [0.1, 0.15) is 0 Å². The van der Waals surface area contributed by atoms with Gasteiger partial charge in [0.1, 0.15) is 21.3 Å². The van der Waals surface area contributed by atoms with Crippen molar-refractivity contribution in [2.24, 2.45) is 10.2 Å². The summed E-state index contributed by atoms with van der Waals surface area (Å²) in [5.41, 5.74) is 1.18. The Morgan fingerprint density at radius 3 is 2.57 bits per heavy atom. The van der Waals surface area contributed by atoms with Crippen LogP contribution in [-0.4, -0.2) is 28.3 Å². The maximum absolute atomic E-state index is 11.4. The molecule has 1 aromatic heterocycles. The Morgan fingerprint density at radius 2 is 1.96 bits per heavy atom. The van der Waals surface area contributed by atoms with Gasteiger partial charge in [-0.05, 0) is 23.6 Å². The van der Waals surface area contributed by atoms with Crippen molar-refractivity contribution in [3.63, 3.8) is 0 Å². The molecule has 1 N–H and O–H groups in total. The van der Waals surface area contributed by atoms with Crippen molar-refractivity contribution < 1.29 is 91.8 Å². The Labute approximate surface area is 210 Å². The summed E-state index contributed by atoms with van der Waals surface area (Å²) in [6, 6.07) is 5.37. The predicted octanol–water partition coefficient (Wildman–Crippen LogP) is -4.04. The Bertz CT molecular complexity index is 1080. The molecule has 0 fully saturated rings. The molecular formula is C12H6N4Na2O7S3. The fraction of sp³-hybridized carbons (Fsp3) is 0. The van der Waals surface area contributed by atoms with Crippen molar-refractivity contribution >= 4 is 55.1 Å². The molecule has 0 aliphatic rings. The SMILES string of the molecule is O=S(=O)([O-])c1cc2cc(SOO[O-])ccc2c(N=Nc2nncs2)c1O.[Na+].[Na+]. The zero-order chi connectivity index (χ0) is 18.7. The largest absolute Gasteiger partial charge is 1.00 e. The van der Waals surface area contributed by atoms with Crippen molar-refractivity contribution in [3.05, 3.63) is 29.8 Å². The van der Waals surface area contributed by atoms with E-state index in [0.29, 0.717) is 22.3 Å². The number of azo groups is 1. The number of phenolic OH excluding ortho intramolecular Hbond substituents is 1. The Hall–Kier alpha value is -0.200. The van der Waals surface area contributed by atoms with Crippen LogP contribution in [0, 0.1) is 0 Å². The summed E-state index contributed by atoms with van der Waals surface area (Å²) >= 11 is 1.64. The van der Waals surface area contributed by atoms with Gasteiger partial charge in [0.2, 0.25) is 0 Å². The van der Waals surface area contributed by atoms with Gasteiger partial charge in [-0.25, -0.2) is 8.42 Å². The zero-order valence-corrected chi connectivity index (χ0v) is 20.7. The molecule has 0 aliphatic heterocycles. The molecule has 28 heavy (non-hydrogen) atoms. The smallest absolute Gasteiger partial charge is 0.744 e. The average Bonchev–Trinajstić information content (AvgIpc) is 3.11. The molecular weight excluding hydrogens is 454 g/mol. The van der Waals surface area contributed by atoms with Crippen LogP contribution >= 0.6 is 23.4 Å². The van der Waals surface area contributed by atoms with Crippen molar-refractivity contribution in [3.8, 4) is 5.75 Å². The minimum atomic E-state index is -4.99. The number of benzene rings is 2. The minimum absolute atomic E-state index is 0. The van der Waals surface area contributed by atoms with Crippen molar-refractivity contribution in [1.29, 1.82) is 0 Å². The topological polar surface area (TPSA) is 169 Å². The monoisotopic (exact) mass is 460 g/mol. The van der Waals surface area contributed by atoms with Crippen molar-refractivity contribution in [2.75, 3.05) is 0 Å². The zero-order valence-electron chi connectivity index (χ0n) is 14.3. The molecule has 11 nitrogen and oxygen atoms in total. The molecule has 136 valence electrons. The fourth-order valence-corrected chi connectivity index (χ4v) is 3.41. The van der Waals surface area contributed by atoms with E-state index in [4.69, 9.17) is 0 Å². The quantitative estimate of drug-likeness (QED) is 0.0954. The summed E-state index contributed by atoms with van der Waals surface area (Å²) in [7, 11) is -4.99. The molecule has 0 aliphatic carbocycles. The van der Waals surface area contributed by atoms with Gasteiger partial charge < -0.3 is 14.9 Å². The van der Waals surface area contributed by atoms with E-state index in [1.807, 2.05) is 0 Å². The third-order valence-electron chi connectivity index (χ3n) is 3.03. The van der Waals surface area contributed by atoms with Crippen LogP contribution in [0.2, 0.25) is 0 Å². The van der Waals surface area contributed by atoms with Crippen LogP contribution in [0.4, 0.5) is 10.8 Å². The third kappa shape index (κ3) is 6.15. The molecule has 16 heteroatoms. The van der Waals surface area contributed by atoms with Crippen LogP contribution in [0.5, 0.6) is 5.75 Å². The summed E-state index contributed by atoms with van der Waals surface area (Å²) in [6.07, 6.45) is 0. The summed E-state index contributed by atoms with van der Waals surface area (Å²) in [6.45, 7) is 0. The van der Waals surface area contributed by atoms with E-state index in [9.17, 15) is 23.3 Å². The summed E-state index contributed by atoms with van der Waals surface area (Å²) in [5, 5.41) is 38.9. The number of aromatic hydroxyl groups is 1. The molecule has 0 amide bonds. The average molecular weight is 460 g/mol. The maximum Gasteiger partial charge on any atom is 1.00 e. The first-order valence-corrected chi connectivity index (χ1v) is 9.50. The Kier molecular flexibility index (Phi) is 10.4. The fourth-order valence-electron chi connectivity index (χ4n) is 2.03. The van der Waals surface area contributed by atoms with Gasteiger partial charge in [-0.3, -0.25) is 5.04 Å². The normalized spacial score (nSPS) is 11.4. The standard InChI is InChI=1S/C12H8N4O7S3.2Na/c17-11-9(26(19,20)21)4-6-3-7(25-23-22-18)1-2-8(6)10(11)14-16-12-15-13-5-24-12;;/h1-5,17-18H,(H,19,20,21);;/q;2*+1/p-2. The van der Waals surface area contributed by atoms with Crippen molar-refractivity contribution in [1.82, 2.24) is 10.2 Å². The second-order valence-electron chi connectivity index (χ2n) is 4.55. The summed E-state index contributed by atoms with van der Waals surface area (Å²) in [5.74, 6) is -0.833. The number of rotatable bonds is 6. The minimum Gasteiger partial charge on any atom is -0.744 e. The number of phenols is 1. The molecule has 0 saturated heterocycles. The van der Waals surface area contributed by atoms with Crippen LogP contribution in [0.25, 0.3) is 10.8 Å². The van der Waals surface area contributed by atoms with E-state index in [-0.39, 0.29) is 75.3 Å². The predicted molar refractivity (Wildman–Crippen MR) is 85.7 cm³/mol. The molecule has 0 radical (unpaired) electrons. The molecule has 3 aromatic rings. The number of fused-ring (bicyclic) bond motifs is 1. The first-order chi connectivity index (χ1) is 12.4. The van der Waals surface area contributed by atoms with Crippen LogP contribution in [0.3, 0.4) is 0 Å². The third-order valence-corrected chi connectivity index (χ3v) is 5.03. The summed E-state index contributed by atoms with van der Waals surface area (Å²) < 4.78 is 38.5. The first-order valence-electron chi connectivity index (χ1n) is 6.47. The van der Waals surface area contributed by atoms with Crippen LogP contribution in [-0.2, 0) is 19.5 Å². The molecule has 0 bridgehead atoms. The van der Waals surface area contributed by atoms with Gasteiger partial charge >= 0.3 is 59.1 Å². The van der Waals surface area contributed by atoms with Gasteiger partial charge in [-0.2, -0.15) is 4.33 Å². The van der Waals surface area contributed by atoms with Gasteiger partial charge in [-0.1, -0.05) is 17.4 Å². The molecule has 1 heterocycles. The molecule has 0 spiro atoms. The number of aromatic nitrogens is 2. The molecule has 0 atom stereocenters. The maximum atomic E-state index is 11.4. The molecule has 0 unspecified atom stereocenters. The molecule has 0 saturated carbocycles. The van der Waals surface area contributed by atoms with E-state index in [2.05, 4.69) is 29.8 Å². The van der Waals surface area contributed by atoms with E-state index in [1.165, 1.54) is 23.7 Å². The van der Waals surface area contributed by atoms with Gasteiger partial charge in [0.25, 0.3) is 5.13 Å². The van der Waals surface area contributed by atoms with Gasteiger partial charge in [0.15, 0.2) is 5.75 Å². The molecule has 3 rings (SSSR count). The number of nitrogens with zero attached hydrogens (tertiary/aromatic N) is 4. The van der Waals surface area contributed by atoms with Crippen LogP contribution in [0.15, 0.2) is 49.8 Å². The van der Waals surface area contributed by atoms with Crippen LogP contribution < -0.4 is 64.4 Å². The number of hydrogen-bond acceptors (Lipinski definition) is 13. The second kappa shape index (κ2) is 11.3. The van der Waals surface area contributed by atoms with Crippen molar-refractivity contribution in [2.45, 2.75) is 9.79 Å². The van der Waals surface area contributed by atoms with E-state index >= 15 is 0 Å². The number of hydrogen-bond donors (Lipinski definition) is 1. The van der Waals surface area contributed by atoms with Gasteiger partial charge in [0.05, 0.1) is 16.9 Å². The first kappa shape index (κ1) is 25.8. The molecule has 2 aromatic carbocycles. The Balaban J connectivity index is 0.00000196. The van der Waals surface area contributed by atoms with E-state index in [1.54, 1.807) is 0 Å². The Morgan fingerprint density at radius 1 is 1.21 bits per heavy atom. The van der Waals surface area contributed by atoms with Gasteiger partial charge in [-0.15, -0.1) is 20.4 Å². The summed E-state index contributed by atoms with van der Waals surface area (Å²) in [4.78, 5) is -0.486.